The molecule has 136 valence electrons. The Morgan fingerprint density at radius 1 is 1.04 bits per heavy atom. The Bertz CT molecular complexity index is 774. The number of carbonyl (C=O) groups excluding carboxylic acids is 2. The van der Waals surface area contributed by atoms with Crippen LogP contribution in [-0.2, 0) is 22.4 Å². The molecule has 3 rings (SSSR count). The standard InChI is InChI=1S/C21H23ClN2O2/c22-17-10-8-15(9-11-17)14-21(26)23-13-12-20(25)24-19-7-3-5-16-4-1-2-6-18(16)19/h1-2,4,6,8-11,19H,3,5,7,12-14H2,(H,23,26)(H,24,25)/t19-/m1/s1. The van der Waals surface area contributed by atoms with Crippen LogP contribution in [0.4, 0.5) is 0 Å². The summed E-state index contributed by atoms with van der Waals surface area (Å²) >= 11 is 5.83. The summed E-state index contributed by atoms with van der Waals surface area (Å²) in [7, 11) is 0. The molecule has 0 heterocycles. The third-order valence-electron chi connectivity index (χ3n) is 4.66. The number of halogens is 1. The van der Waals surface area contributed by atoms with Gasteiger partial charge in [0.2, 0.25) is 11.8 Å². The Labute approximate surface area is 158 Å². The predicted octanol–water partition coefficient (Wildman–Crippen LogP) is 3.58. The topological polar surface area (TPSA) is 58.2 Å². The summed E-state index contributed by atoms with van der Waals surface area (Å²) in [6.45, 7) is 0.340. The van der Waals surface area contributed by atoms with E-state index < -0.39 is 0 Å². The molecule has 0 radical (unpaired) electrons. The zero-order valence-electron chi connectivity index (χ0n) is 14.6. The maximum Gasteiger partial charge on any atom is 0.224 e. The SMILES string of the molecule is O=C(Cc1ccc(Cl)cc1)NCCC(=O)N[C@@H]1CCCc2ccccc21. The molecule has 0 unspecified atom stereocenters. The van der Waals surface area contributed by atoms with Gasteiger partial charge >= 0.3 is 0 Å². The number of aryl methyl sites for hydroxylation is 1. The second kappa shape index (κ2) is 8.86. The van der Waals surface area contributed by atoms with Crippen LogP contribution in [-0.4, -0.2) is 18.4 Å². The fourth-order valence-electron chi connectivity index (χ4n) is 3.34. The minimum Gasteiger partial charge on any atom is -0.355 e. The van der Waals surface area contributed by atoms with E-state index in [4.69, 9.17) is 11.6 Å². The first-order valence-electron chi connectivity index (χ1n) is 9.00. The number of nitrogens with one attached hydrogen (secondary N) is 2. The van der Waals surface area contributed by atoms with E-state index in [2.05, 4.69) is 22.8 Å². The highest BCUT2D eigenvalue weighted by molar-refractivity contribution is 6.30. The molecule has 2 N–H and O–H groups in total. The molecule has 0 fully saturated rings. The van der Waals surface area contributed by atoms with Gasteiger partial charge in [0.1, 0.15) is 0 Å². The number of carbonyl (C=O) groups is 2. The minimum absolute atomic E-state index is 0.0292. The monoisotopic (exact) mass is 370 g/mol. The quantitative estimate of drug-likeness (QED) is 0.816. The van der Waals surface area contributed by atoms with Crippen molar-refractivity contribution >= 4 is 23.4 Å². The minimum atomic E-state index is -0.0943. The number of amides is 2. The van der Waals surface area contributed by atoms with Crippen LogP contribution in [0.3, 0.4) is 0 Å². The predicted molar refractivity (Wildman–Crippen MR) is 103 cm³/mol. The summed E-state index contributed by atoms with van der Waals surface area (Å²) in [5.74, 6) is -0.123. The molecule has 0 saturated heterocycles. The van der Waals surface area contributed by atoms with Crippen molar-refractivity contribution in [2.24, 2.45) is 0 Å². The molecule has 2 amide bonds. The van der Waals surface area contributed by atoms with Crippen LogP contribution in [0, 0.1) is 0 Å². The first-order chi connectivity index (χ1) is 12.6. The summed E-state index contributed by atoms with van der Waals surface area (Å²) in [5, 5.41) is 6.55. The summed E-state index contributed by atoms with van der Waals surface area (Å²) in [4.78, 5) is 24.2. The van der Waals surface area contributed by atoms with Gasteiger partial charge in [0.05, 0.1) is 12.5 Å². The highest BCUT2D eigenvalue weighted by Crippen LogP contribution is 2.29. The van der Waals surface area contributed by atoms with Crippen molar-refractivity contribution in [2.75, 3.05) is 6.54 Å². The maximum absolute atomic E-state index is 12.2. The number of benzene rings is 2. The summed E-state index contributed by atoms with van der Waals surface area (Å²) in [6, 6.07) is 15.5. The molecule has 2 aromatic carbocycles. The molecule has 1 aliphatic carbocycles. The second-order valence-electron chi connectivity index (χ2n) is 6.61. The van der Waals surface area contributed by atoms with E-state index >= 15 is 0 Å². The smallest absolute Gasteiger partial charge is 0.224 e. The Balaban J connectivity index is 1.42. The van der Waals surface area contributed by atoms with Gasteiger partial charge in [0.25, 0.3) is 0 Å². The van der Waals surface area contributed by atoms with Gasteiger partial charge in [-0.25, -0.2) is 0 Å². The van der Waals surface area contributed by atoms with Crippen molar-refractivity contribution in [3.8, 4) is 0 Å². The lowest BCUT2D eigenvalue weighted by Crippen LogP contribution is -2.34. The lowest BCUT2D eigenvalue weighted by atomic mass is 9.88. The maximum atomic E-state index is 12.2. The number of hydrogen-bond acceptors (Lipinski definition) is 2. The van der Waals surface area contributed by atoms with Crippen molar-refractivity contribution in [3.05, 3.63) is 70.2 Å². The van der Waals surface area contributed by atoms with Gasteiger partial charge in [-0.05, 0) is 48.1 Å². The first-order valence-corrected chi connectivity index (χ1v) is 9.38. The molecule has 0 spiro atoms. The third-order valence-corrected chi connectivity index (χ3v) is 4.91. The van der Waals surface area contributed by atoms with Crippen LogP contribution < -0.4 is 10.6 Å². The Hall–Kier alpha value is -2.33. The number of hydrogen-bond donors (Lipinski definition) is 2. The van der Waals surface area contributed by atoms with Gasteiger partial charge in [-0.2, -0.15) is 0 Å². The molecule has 0 aliphatic heterocycles. The zero-order chi connectivity index (χ0) is 18.4. The Morgan fingerprint density at radius 3 is 2.62 bits per heavy atom. The first kappa shape index (κ1) is 18.5. The van der Waals surface area contributed by atoms with Gasteiger partial charge in [-0.15, -0.1) is 0 Å². The van der Waals surface area contributed by atoms with Crippen LogP contribution in [0.2, 0.25) is 5.02 Å². The molecule has 0 saturated carbocycles. The molecule has 5 heteroatoms. The number of rotatable bonds is 6. The van der Waals surface area contributed by atoms with Crippen molar-refractivity contribution in [1.29, 1.82) is 0 Å². The fraction of sp³-hybridized carbons (Fsp3) is 0.333. The van der Waals surface area contributed by atoms with E-state index in [0.29, 0.717) is 11.6 Å². The van der Waals surface area contributed by atoms with E-state index in [0.717, 1.165) is 24.8 Å². The molecule has 26 heavy (non-hydrogen) atoms. The summed E-state index contributed by atoms with van der Waals surface area (Å²) < 4.78 is 0. The highest BCUT2D eigenvalue weighted by Gasteiger charge is 2.21. The van der Waals surface area contributed by atoms with Crippen LogP contribution >= 0.6 is 11.6 Å². The van der Waals surface area contributed by atoms with Gasteiger partial charge in [0, 0.05) is 18.0 Å². The average Bonchev–Trinajstić information content (AvgIpc) is 2.64. The summed E-state index contributed by atoms with van der Waals surface area (Å²) in [6.07, 6.45) is 3.69. The van der Waals surface area contributed by atoms with Gasteiger partial charge in [0.15, 0.2) is 0 Å². The third kappa shape index (κ3) is 5.09. The number of fused-ring (bicyclic) bond motifs is 1. The molecule has 1 atom stereocenters. The molecule has 0 bridgehead atoms. The molecule has 1 aliphatic rings. The summed E-state index contributed by atoms with van der Waals surface area (Å²) in [5.41, 5.74) is 3.44. The Morgan fingerprint density at radius 2 is 1.81 bits per heavy atom. The molecular weight excluding hydrogens is 348 g/mol. The largest absolute Gasteiger partial charge is 0.355 e. The molecule has 0 aromatic heterocycles. The fourth-order valence-corrected chi connectivity index (χ4v) is 3.46. The van der Waals surface area contributed by atoms with Gasteiger partial charge < -0.3 is 10.6 Å². The van der Waals surface area contributed by atoms with Crippen LogP contribution in [0.15, 0.2) is 48.5 Å². The molecule has 4 nitrogen and oxygen atoms in total. The lowest BCUT2D eigenvalue weighted by Gasteiger charge is -2.26. The Kier molecular flexibility index (Phi) is 6.29. The van der Waals surface area contributed by atoms with Crippen molar-refractivity contribution < 1.29 is 9.59 Å². The second-order valence-corrected chi connectivity index (χ2v) is 7.05. The average molecular weight is 371 g/mol. The van der Waals surface area contributed by atoms with E-state index in [1.54, 1.807) is 12.1 Å². The molecular formula is C21H23ClN2O2. The van der Waals surface area contributed by atoms with Crippen LogP contribution in [0.5, 0.6) is 0 Å². The zero-order valence-corrected chi connectivity index (χ0v) is 15.4. The van der Waals surface area contributed by atoms with Crippen LogP contribution in [0.25, 0.3) is 0 Å². The highest BCUT2D eigenvalue weighted by atomic mass is 35.5. The van der Waals surface area contributed by atoms with Crippen LogP contribution in [0.1, 0.15) is 42.0 Å². The van der Waals surface area contributed by atoms with Crippen molar-refractivity contribution in [3.63, 3.8) is 0 Å². The van der Waals surface area contributed by atoms with E-state index in [9.17, 15) is 9.59 Å². The van der Waals surface area contributed by atoms with E-state index in [1.165, 1.54) is 11.1 Å². The molecule has 2 aromatic rings. The van der Waals surface area contributed by atoms with Gasteiger partial charge in [-0.3, -0.25) is 9.59 Å². The lowest BCUT2D eigenvalue weighted by molar-refractivity contribution is -0.122. The van der Waals surface area contributed by atoms with Gasteiger partial charge in [-0.1, -0.05) is 48.0 Å². The van der Waals surface area contributed by atoms with E-state index in [-0.39, 0.29) is 30.7 Å². The van der Waals surface area contributed by atoms with Crippen molar-refractivity contribution in [1.82, 2.24) is 10.6 Å². The van der Waals surface area contributed by atoms with E-state index in [1.807, 2.05) is 24.3 Å². The normalized spacial score (nSPS) is 15.8. The van der Waals surface area contributed by atoms with Crippen molar-refractivity contribution in [2.45, 2.75) is 38.1 Å².